The topological polar surface area (TPSA) is 56.7 Å². The van der Waals surface area contributed by atoms with Crippen LogP contribution < -0.4 is 5.73 Å². The van der Waals surface area contributed by atoms with Gasteiger partial charge in [0.25, 0.3) is 0 Å². The molecule has 2 heterocycles. The lowest BCUT2D eigenvalue weighted by molar-refractivity contribution is 0.569. The van der Waals surface area contributed by atoms with Crippen LogP contribution in [0.1, 0.15) is 25.1 Å². The summed E-state index contributed by atoms with van der Waals surface area (Å²) >= 11 is 7.46. The van der Waals surface area contributed by atoms with Gasteiger partial charge in [0.1, 0.15) is 0 Å². The van der Waals surface area contributed by atoms with E-state index in [-0.39, 0.29) is 6.04 Å². The number of aromatic nitrogens is 3. The first-order valence-electron chi connectivity index (χ1n) is 5.69. The molecule has 1 fully saturated rings. The summed E-state index contributed by atoms with van der Waals surface area (Å²) in [7, 11) is 1.90. The summed E-state index contributed by atoms with van der Waals surface area (Å²) in [6.07, 6.45) is 1.17. The number of nitrogens with zero attached hydrogens (tertiary/aromatic N) is 3. The number of rotatable bonds is 3. The van der Waals surface area contributed by atoms with Crippen LogP contribution in [0.15, 0.2) is 4.60 Å². The molecule has 1 aromatic heterocycles. The van der Waals surface area contributed by atoms with Gasteiger partial charge in [-0.05, 0) is 22.4 Å². The summed E-state index contributed by atoms with van der Waals surface area (Å²) in [5.41, 5.74) is 7.42. The van der Waals surface area contributed by atoms with Crippen LogP contribution in [0.3, 0.4) is 0 Å². The van der Waals surface area contributed by atoms with E-state index in [2.05, 4.69) is 33.2 Å². The molecule has 3 unspecified atom stereocenters. The molecule has 1 aromatic rings. The minimum absolute atomic E-state index is 0.00729. The first-order valence-corrected chi connectivity index (χ1v) is 8.58. The molecule has 17 heavy (non-hydrogen) atoms. The van der Waals surface area contributed by atoms with Crippen molar-refractivity contribution in [3.63, 3.8) is 0 Å². The molecule has 0 aliphatic carbocycles. The van der Waals surface area contributed by atoms with Crippen LogP contribution in [0.4, 0.5) is 0 Å². The quantitative estimate of drug-likeness (QED) is 0.916. The molecule has 7 heteroatoms. The fourth-order valence-corrected chi connectivity index (χ4v) is 5.87. The van der Waals surface area contributed by atoms with Gasteiger partial charge in [-0.2, -0.15) is 23.5 Å². The zero-order chi connectivity index (χ0) is 12.4. The molecule has 4 nitrogen and oxygen atoms in total. The summed E-state index contributed by atoms with van der Waals surface area (Å²) in [5, 5.41) is 9.10. The minimum Gasteiger partial charge on any atom is -0.322 e. The van der Waals surface area contributed by atoms with E-state index in [0.717, 1.165) is 10.3 Å². The SMILES string of the molecule is CCC1SCCSC1C(N)c1c(Br)nnn1C. The second-order valence-electron chi connectivity index (χ2n) is 4.07. The average Bonchev–Trinajstić information content (AvgIpc) is 2.68. The van der Waals surface area contributed by atoms with Crippen molar-refractivity contribution in [2.75, 3.05) is 11.5 Å². The molecule has 96 valence electrons. The lowest BCUT2D eigenvalue weighted by atomic mass is 10.1. The Kier molecular flexibility index (Phi) is 4.80. The van der Waals surface area contributed by atoms with Gasteiger partial charge in [-0.3, -0.25) is 0 Å². The molecule has 1 saturated heterocycles. The highest BCUT2D eigenvalue weighted by Crippen LogP contribution is 2.40. The van der Waals surface area contributed by atoms with E-state index in [4.69, 9.17) is 5.73 Å². The Labute approximate surface area is 119 Å². The van der Waals surface area contributed by atoms with Crippen LogP contribution in [0, 0.1) is 0 Å². The van der Waals surface area contributed by atoms with Gasteiger partial charge in [-0.15, -0.1) is 5.10 Å². The van der Waals surface area contributed by atoms with Crippen molar-refractivity contribution in [3.8, 4) is 0 Å². The fourth-order valence-electron chi connectivity index (χ4n) is 2.12. The predicted molar refractivity (Wildman–Crippen MR) is 78.4 cm³/mol. The van der Waals surface area contributed by atoms with Gasteiger partial charge in [0, 0.05) is 29.1 Å². The number of thioether (sulfide) groups is 2. The van der Waals surface area contributed by atoms with Crippen LogP contribution in [0.25, 0.3) is 0 Å². The van der Waals surface area contributed by atoms with Crippen LogP contribution in [-0.2, 0) is 7.05 Å². The smallest absolute Gasteiger partial charge is 0.153 e. The van der Waals surface area contributed by atoms with Gasteiger partial charge in [0.05, 0.1) is 11.7 Å². The maximum atomic E-state index is 6.42. The largest absolute Gasteiger partial charge is 0.322 e. The normalized spacial score (nSPS) is 27.1. The number of hydrogen-bond acceptors (Lipinski definition) is 5. The van der Waals surface area contributed by atoms with Crippen molar-refractivity contribution in [2.45, 2.75) is 29.9 Å². The summed E-state index contributed by atoms with van der Waals surface area (Å²) in [6.45, 7) is 2.24. The Bertz CT molecular complexity index is 365. The second-order valence-corrected chi connectivity index (χ2v) is 7.45. The third-order valence-electron chi connectivity index (χ3n) is 2.99. The molecule has 0 radical (unpaired) electrons. The van der Waals surface area contributed by atoms with Gasteiger partial charge in [0.15, 0.2) is 4.60 Å². The first kappa shape index (κ1) is 13.7. The molecule has 1 aliphatic heterocycles. The van der Waals surface area contributed by atoms with Gasteiger partial charge in [0.2, 0.25) is 0 Å². The average molecular weight is 337 g/mol. The van der Waals surface area contributed by atoms with Crippen molar-refractivity contribution < 1.29 is 0 Å². The highest BCUT2D eigenvalue weighted by Gasteiger charge is 2.33. The number of hydrogen-bond donors (Lipinski definition) is 1. The third-order valence-corrected chi connectivity index (χ3v) is 6.93. The second kappa shape index (κ2) is 5.95. The lowest BCUT2D eigenvalue weighted by Crippen LogP contribution is -2.36. The summed E-state index contributed by atoms with van der Waals surface area (Å²) in [5.74, 6) is 2.42. The standard InChI is InChI=1S/C10H17BrN4S2/c1-3-6-9(17-5-4-16-6)7(12)8-10(11)13-14-15(8)2/h6-7,9H,3-5,12H2,1-2H3. The van der Waals surface area contributed by atoms with Gasteiger partial charge >= 0.3 is 0 Å². The summed E-state index contributed by atoms with van der Waals surface area (Å²) in [4.78, 5) is 0. The highest BCUT2D eigenvalue weighted by atomic mass is 79.9. The molecule has 1 aliphatic rings. The van der Waals surface area contributed by atoms with Crippen LogP contribution in [-0.4, -0.2) is 37.0 Å². The molecule has 0 aromatic carbocycles. The third kappa shape index (κ3) is 2.83. The minimum atomic E-state index is -0.00729. The van der Waals surface area contributed by atoms with Crippen LogP contribution in [0.2, 0.25) is 0 Å². The summed E-state index contributed by atoms with van der Waals surface area (Å²) in [6, 6.07) is -0.00729. The van der Waals surface area contributed by atoms with E-state index in [1.165, 1.54) is 17.9 Å². The van der Waals surface area contributed by atoms with E-state index in [1.807, 2.05) is 30.6 Å². The molecule has 0 amide bonds. The Balaban J connectivity index is 2.21. The van der Waals surface area contributed by atoms with Gasteiger partial charge in [-0.1, -0.05) is 12.1 Å². The Morgan fingerprint density at radius 1 is 1.53 bits per heavy atom. The molecule has 0 bridgehead atoms. The molecular weight excluding hydrogens is 320 g/mol. The Morgan fingerprint density at radius 2 is 2.24 bits per heavy atom. The van der Waals surface area contributed by atoms with Crippen molar-refractivity contribution in [1.29, 1.82) is 0 Å². The molecule has 2 rings (SSSR count). The van der Waals surface area contributed by atoms with Crippen molar-refractivity contribution in [3.05, 3.63) is 10.3 Å². The Morgan fingerprint density at radius 3 is 2.82 bits per heavy atom. The summed E-state index contributed by atoms with van der Waals surface area (Å²) < 4.78 is 2.56. The first-order chi connectivity index (χ1) is 8.15. The monoisotopic (exact) mass is 336 g/mol. The van der Waals surface area contributed by atoms with Crippen LogP contribution in [0.5, 0.6) is 0 Å². The molecule has 0 saturated carbocycles. The zero-order valence-corrected chi connectivity index (χ0v) is 13.2. The van der Waals surface area contributed by atoms with Crippen molar-refractivity contribution >= 4 is 39.5 Å². The lowest BCUT2D eigenvalue weighted by Gasteiger charge is -2.33. The van der Waals surface area contributed by atoms with Gasteiger partial charge < -0.3 is 5.73 Å². The van der Waals surface area contributed by atoms with E-state index in [0.29, 0.717) is 10.5 Å². The molecule has 2 N–H and O–H groups in total. The fraction of sp³-hybridized carbons (Fsp3) is 0.800. The highest BCUT2D eigenvalue weighted by molar-refractivity contribution is 9.10. The van der Waals surface area contributed by atoms with Crippen molar-refractivity contribution in [2.24, 2.45) is 12.8 Å². The van der Waals surface area contributed by atoms with Crippen molar-refractivity contribution in [1.82, 2.24) is 15.0 Å². The number of nitrogens with two attached hydrogens (primary N) is 1. The van der Waals surface area contributed by atoms with E-state index in [1.54, 1.807) is 4.68 Å². The van der Waals surface area contributed by atoms with E-state index in [9.17, 15) is 0 Å². The molecule has 0 spiro atoms. The maximum absolute atomic E-state index is 6.42. The van der Waals surface area contributed by atoms with Gasteiger partial charge in [-0.25, -0.2) is 4.68 Å². The molecule has 3 atom stereocenters. The Hall–Kier alpha value is 0.280. The predicted octanol–water partition coefficient (Wildman–Crippen LogP) is 2.20. The molecular formula is C10H17BrN4S2. The maximum Gasteiger partial charge on any atom is 0.153 e. The number of halogens is 1. The zero-order valence-electron chi connectivity index (χ0n) is 9.97. The number of aryl methyl sites for hydroxylation is 1. The van der Waals surface area contributed by atoms with E-state index >= 15 is 0 Å². The van der Waals surface area contributed by atoms with Crippen LogP contribution >= 0.6 is 39.5 Å². The van der Waals surface area contributed by atoms with E-state index < -0.39 is 0 Å².